The van der Waals surface area contributed by atoms with E-state index in [1.54, 1.807) is 12.1 Å². The molecule has 5 fully saturated rings. The van der Waals surface area contributed by atoms with Crippen LogP contribution in [0.2, 0.25) is 0 Å². The zero-order chi connectivity index (χ0) is 48.0. The molecule has 4 aliphatic carbocycles. The smallest absolute Gasteiger partial charge is 0.380 e. The Hall–Kier alpha value is -3.82. The minimum absolute atomic E-state index is 0.0494. The Bertz CT molecular complexity index is 2520. The first kappa shape index (κ1) is 49.6. The van der Waals surface area contributed by atoms with Gasteiger partial charge in [0.1, 0.15) is 4.90 Å². The van der Waals surface area contributed by atoms with Crippen molar-refractivity contribution in [2.75, 3.05) is 81.5 Å². The highest BCUT2D eigenvalue weighted by Gasteiger charge is 2.79. The van der Waals surface area contributed by atoms with Gasteiger partial charge in [-0.05, 0) is 110 Å². The van der Waals surface area contributed by atoms with Crippen LogP contribution in [0.15, 0.2) is 98.6 Å². The average molecular weight is 998 g/mol. The maximum atomic E-state index is 14.2. The topological polar surface area (TPSA) is 128 Å². The van der Waals surface area contributed by atoms with E-state index in [4.69, 9.17) is 4.74 Å². The SMILES string of the molecule is CC1(C)CCC(C23CC(C(F)(F)F)(C2)C3)=C(CN2CCN(c3ccc(C(=O)NS(=O)(=O)c4ccc(N[C@H](CCN5CCOCC5)CSc5ccccc5)c(S(=O)(=O)C(F)(F)F)c4)cc3)CC2)C1. The number of piperazine rings is 1. The molecule has 2 saturated heterocycles. The number of halogens is 6. The number of sulfonamides is 1. The summed E-state index contributed by atoms with van der Waals surface area (Å²) in [6.45, 7) is 10.8. The fraction of sp³-hybridized carbons (Fsp3) is 0.553. The number of nitrogens with one attached hydrogen (secondary N) is 2. The minimum Gasteiger partial charge on any atom is -0.380 e. The van der Waals surface area contributed by atoms with Crippen LogP contribution in [0, 0.1) is 16.2 Å². The first-order valence-electron chi connectivity index (χ1n) is 22.6. The second-order valence-electron chi connectivity index (χ2n) is 19.6. The van der Waals surface area contributed by atoms with Crippen LogP contribution in [0.5, 0.6) is 0 Å². The van der Waals surface area contributed by atoms with Crippen molar-refractivity contribution in [1.82, 2.24) is 14.5 Å². The highest BCUT2D eigenvalue weighted by atomic mass is 32.2. The van der Waals surface area contributed by atoms with Gasteiger partial charge in [0, 0.05) is 80.3 Å². The number of thioether (sulfide) groups is 1. The number of nitrogens with zero attached hydrogens (tertiary/aromatic N) is 3. The second kappa shape index (κ2) is 18.8. The monoisotopic (exact) mass is 997 g/mol. The van der Waals surface area contributed by atoms with Gasteiger partial charge in [0.2, 0.25) is 0 Å². The molecule has 20 heteroatoms. The number of hydrogen-bond donors (Lipinski definition) is 2. The predicted molar refractivity (Wildman–Crippen MR) is 245 cm³/mol. The average Bonchev–Trinajstić information content (AvgIpc) is 3.24. The van der Waals surface area contributed by atoms with Gasteiger partial charge >= 0.3 is 11.7 Å². The number of allylic oxidation sites excluding steroid dienone is 1. The van der Waals surface area contributed by atoms with Gasteiger partial charge < -0.3 is 15.0 Å². The van der Waals surface area contributed by atoms with Crippen molar-refractivity contribution in [2.24, 2.45) is 16.2 Å². The summed E-state index contributed by atoms with van der Waals surface area (Å²) in [5.74, 6) is -0.715. The Balaban J connectivity index is 0.917. The Morgan fingerprint density at radius 3 is 2.12 bits per heavy atom. The molecule has 0 spiro atoms. The number of hydrogen-bond acceptors (Lipinski definition) is 11. The van der Waals surface area contributed by atoms with Crippen LogP contribution in [-0.4, -0.2) is 122 Å². The molecule has 1 amide bonds. The number of rotatable bonds is 16. The normalized spacial score (nSPS) is 24.4. The Kier molecular flexibility index (Phi) is 13.9. The summed E-state index contributed by atoms with van der Waals surface area (Å²) in [6, 6.07) is 17.3. The molecule has 366 valence electrons. The molecule has 2 heterocycles. The number of anilines is 2. The molecule has 3 aromatic carbocycles. The largest absolute Gasteiger partial charge is 0.501 e. The third-order valence-electron chi connectivity index (χ3n) is 14.3. The fourth-order valence-electron chi connectivity index (χ4n) is 10.5. The molecule has 0 unspecified atom stereocenters. The van der Waals surface area contributed by atoms with E-state index in [0.29, 0.717) is 83.8 Å². The highest BCUT2D eigenvalue weighted by molar-refractivity contribution is 7.99. The summed E-state index contributed by atoms with van der Waals surface area (Å²) in [7, 11) is -11.0. The second-order valence-corrected chi connectivity index (χ2v) is 24.3. The van der Waals surface area contributed by atoms with E-state index in [1.165, 1.54) is 35.0 Å². The molecule has 2 bridgehead atoms. The third-order valence-corrected chi connectivity index (χ3v) is 18.3. The van der Waals surface area contributed by atoms with Crippen LogP contribution >= 0.6 is 11.8 Å². The molecule has 67 heavy (non-hydrogen) atoms. The number of morpholine rings is 1. The van der Waals surface area contributed by atoms with Crippen LogP contribution in [0.4, 0.5) is 37.7 Å². The summed E-state index contributed by atoms with van der Waals surface area (Å²) in [5, 5.41) is 2.97. The number of benzene rings is 3. The molecule has 3 saturated carbocycles. The number of alkyl halides is 6. The molecule has 6 aliphatic rings. The van der Waals surface area contributed by atoms with Crippen molar-refractivity contribution >= 4 is 48.9 Å². The number of sulfone groups is 1. The standard InChI is InChI=1S/C47H57F6N5O6S3/c1-43(2)16-14-39(44-30-45(31-44,32-44)46(48,49)50)34(27-43)28-57-18-20-58(21-19-57)36-10-8-33(9-11-36)42(59)55-67(62,63)38-12-13-40(41(26-38)66(60,61)47(51,52)53)54-35(15-17-56-22-24-64-25-23-56)29-65-37-6-4-3-5-7-37/h3-13,26,35,54H,14-25,27-32H2,1-2H3,(H,55,59)/t35-,44?,45?/m1/s1. The van der Waals surface area contributed by atoms with Crippen molar-refractivity contribution in [3.63, 3.8) is 0 Å². The van der Waals surface area contributed by atoms with Gasteiger partial charge in [-0.25, -0.2) is 21.6 Å². The molecule has 0 aromatic heterocycles. The van der Waals surface area contributed by atoms with Gasteiger partial charge in [-0.1, -0.05) is 43.2 Å². The molecule has 11 nitrogen and oxygen atoms in total. The van der Waals surface area contributed by atoms with Gasteiger partial charge in [-0.15, -0.1) is 11.8 Å². The minimum atomic E-state index is -6.08. The van der Waals surface area contributed by atoms with Crippen LogP contribution in [-0.2, 0) is 24.6 Å². The van der Waals surface area contributed by atoms with Crippen LogP contribution in [0.25, 0.3) is 0 Å². The molecule has 3 aromatic rings. The number of carbonyl (C=O) groups is 1. The molecular weight excluding hydrogens is 941 g/mol. The Labute approximate surface area is 393 Å². The zero-order valence-corrected chi connectivity index (χ0v) is 40.0. The van der Waals surface area contributed by atoms with E-state index in [1.807, 2.05) is 35.1 Å². The van der Waals surface area contributed by atoms with E-state index in [0.717, 1.165) is 42.0 Å². The molecule has 9 rings (SSSR count). The maximum absolute atomic E-state index is 14.2. The van der Waals surface area contributed by atoms with Crippen molar-refractivity contribution in [3.05, 3.63) is 89.5 Å². The quantitative estimate of drug-likeness (QED) is 0.0813. The van der Waals surface area contributed by atoms with Crippen molar-refractivity contribution < 1.29 is 52.7 Å². The number of amides is 1. The molecule has 1 atom stereocenters. The zero-order valence-electron chi connectivity index (χ0n) is 37.5. The summed E-state index contributed by atoms with van der Waals surface area (Å²) in [6.07, 6.45) is -0.427. The predicted octanol–water partition coefficient (Wildman–Crippen LogP) is 8.76. The first-order chi connectivity index (χ1) is 31.5. The van der Waals surface area contributed by atoms with Crippen LogP contribution < -0.4 is 14.9 Å². The van der Waals surface area contributed by atoms with Crippen molar-refractivity contribution in [1.29, 1.82) is 0 Å². The van der Waals surface area contributed by atoms with Crippen LogP contribution in [0.1, 0.15) is 69.2 Å². The summed E-state index contributed by atoms with van der Waals surface area (Å²) in [5.41, 5.74) is -4.64. The lowest BCUT2D eigenvalue weighted by molar-refractivity contribution is -0.353. The van der Waals surface area contributed by atoms with Gasteiger partial charge in [-0.2, -0.15) is 26.3 Å². The molecular formula is C47H57F6N5O6S3. The highest BCUT2D eigenvalue weighted by Crippen LogP contribution is 2.81. The third kappa shape index (κ3) is 10.7. The summed E-state index contributed by atoms with van der Waals surface area (Å²) in [4.78, 5) is 18.7. The number of carbonyl (C=O) groups excluding carboxylic acids is 1. The molecule has 2 N–H and O–H groups in total. The van der Waals surface area contributed by atoms with E-state index in [-0.39, 0.29) is 35.7 Å². The van der Waals surface area contributed by atoms with Gasteiger partial charge in [0.15, 0.2) is 0 Å². The van der Waals surface area contributed by atoms with E-state index in [2.05, 4.69) is 33.9 Å². The van der Waals surface area contributed by atoms with Gasteiger partial charge in [0.25, 0.3) is 25.8 Å². The van der Waals surface area contributed by atoms with E-state index >= 15 is 0 Å². The summed E-state index contributed by atoms with van der Waals surface area (Å²) >= 11 is 1.43. The fourth-order valence-corrected chi connectivity index (χ4v) is 13.6. The molecule has 2 aliphatic heterocycles. The summed E-state index contributed by atoms with van der Waals surface area (Å²) < 4.78 is 144. The lowest BCUT2D eigenvalue weighted by Crippen LogP contribution is -2.69. The lowest BCUT2D eigenvalue weighted by atomic mass is 9.32. The first-order valence-corrected chi connectivity index (χ1v) is 26.6. The van der Waals surface area contributed by atoms with Gasteiger partial charge in [-0.3, -0.25) is 14.6 Å². The van der Waals surface area contributed by atoms with E-state index < -0.39 is 64.4 Å². The Morgan fingerprint density at radius 1 is 0.836 bits per heavy atom. The Morgan fingerprint density at radius 2 is 1.49 bits per heavy atom. The van der Waals surface area contributed by atoms with Crippen molar-refractivity contribution in [2.45, 2.75) is 91.2 Å². The van der Waals surface area contributed by atoms with Crippen molar-refractivity contribution in [3.8, 4) is 0 Å². The van der Waals surface area contributed by atoms with Crippen LogP contribution in [0.3, 0.4) is 0 Å². The van der Waals surface area contributed by atoms with Gasteiger partial charge in [0.05, 0.1) is 29.2 Å². The molecule has 0 radical (unpaired) electrons. The van der Waals surface area contributed by atoms with E-state index in [9.17, 15) is 48.0 Å². The number of ether oxygens (including phenoxy) is 1. The lowest BCUT2D eigenvalue weighted by Gasteiger charge is -2.72. The maximum Gasteiger partial charge on any atom is 0.501 e.